The van der Waals surface area contributed by atoms with Gasteiger partial charge in [0.2, 0.25) is 0 Å². The summed E-state index contributed by atoms with van der Waals surface area (Å²) in [6.45, 7) is 19.2. The summed E-state index contributed by atoms with van der Waals surface area (Å²) in [6.07, 6.45) is 18.2. The molecule has 0 saturated heterocycles. The molecule has 1 N–H and O–H groups in total. The first-order valence-corrected chi connectivity index (χ1v) is 14.7. The van der Waals surface area contributed by atoms with E-state index in [1.165, 1.54) is 69.8 Å². The number of hydrogen-bond donors (Lipinski definition) is 1. The van der Waals surface area contributed by atoms with E-state index in [0.29, 0.717) is 22.7 Å². The summed E-state index contributed by atoms with van der Waals surface area (Å²) in [7, 11) is 0. The second-order valence-electron chi connectivity index (χ2n) is 13.5. The smallest absolute Gasteiger partial charge is 0.0543 e. The monoisotopic (exact) mass is 454 g/mol. The van der Waals surface area contributed by atoms with Crippen molar-refractivity contribution in [2.24, 2.45) is 52.3 Å². The SMILES string of the molecule is C=C(C)[C@H](CC)[C@H](CC)CC[C@@H](C)[C@H]1CC[C@H]2C3=CC[C@@H]4C[C@@H](O)CC[C@]4(C)[C@H]3CC[C@]12C. The molecule has 1 nitrogen and oxygen atoms in total. The van der Waals surface area contributed by atoms with Gasteiger partial charge >= 0.3 is 0 Å². The van der Waals surface area contributed by atoms with Gasteiger partial charge in [-0.15, -0.1) is 0 Å². The van der Waals surface area contributed by atoms with Crippen molar-refractivity contribution in [3.05, 3.63) is 23.8 Å². The average Bonchev–Trinajstić information content (AvgIpc) is 3.14. The van der Waals surface area contributed by atoms with E-state index in [0.717, 1.165) is 42.4 Å². The van der Waals surface area contributed by atoms with Crippen LogP contribution >= 0.6 is 0 Å². The largest absolute Gasteiger partial charge is 0.393 e. The van der Waals surface area contributed by atoms with Gasteiger partial charge in [0, 0.05) is 0 Å². The van der Waals surface area contributed by atoms with E-state index >= 15 is 0 Å². The second kappa shape index (κ2) is 9.83. The van der Waals surface area contributed by atoms with Gasteiger partial charge in [0.05, 0.1) is 6.10 Å². The fraction of sp³-hybridized carbons (Fsp3) is 0.875. The van der Waals surface area contributed by atoms with Gasteiger partial charge in [-0.3, -0.25) is 0 Å². The normalized spacial score (nSPS) is 43.0. The van der Waals surface area contributed by atoms with Crippen LogP contribution in [0, 0.1) is 52.3 Å². The Labute approximate surface area is 205 Å². The van der Waals surface area contributed by atoms with Gasteiger partial charge in [-0.1, -0.05) is 71.3 Å². The Morgan fingerprint density at radius 2 is 1.73 bits per heavy atom. The number of allylic oxidation sites excluding steroid dienone is 3. The molecule has 0 heterocycles. The van der Waals surface area contributed by atoms with E-state index in [-0.39, 0.29) is 6.10 Å². The second-order valence-corrected chi connectivity index (χ2v) is 13.5. The number of aliphatic hydroxyl groups excluding tert-OH is 1. The van der Waals surface area contributed by atoms with E-state index in [2.05, 4.69) is 54.2 Å². The predicted octanol–water partition coefficient (Wildman–Crippen LogP) is 8.97. The van der Waals surface area contributed by atoms with Crippen LogP contribution in [0.4, 0.5) is 0 Å². The Morgan fingerprint density at radius 3 is 2.39 bits per heavy atom. The Morgan fingerprint density at radius 1 is 1.03 bits per heavy atom. The van der Waals surface area contributed by atoms with Crippen LogP contribution in [0.1, 0.15) is 119 Å². The summed E-state index contributed by atoms with van der Waals surface area (Å²) >= 11 is 0. The minimum atomic E-state index is -0.0484. The topological polar surface area (TPSA) is 20.2 Å². The highest BCUT2D eigenvalue weighted by Crippen LogP contribution is 2.67. The van der Waals surface area contributed by atoms with Crippen LogP contribution in [0.15, 0.2) is 23.8 Å². The average molecular weight is 455 g/mol. The van der Waals surface area contributed by atoms with Crippen LogP contribution in [0.3, 0.4) is 0 Å². The summed E-state index contributed by atoms with van der Waals surface area (Å²) in [5.41, 5.74) is 4.22. The Balaban J connectivity index is 1.46. The molecule has 0 aromatic heterocycles. The summed E-state index contributed by atoms with van der Waals surface area (Å²) in [5, 5.41) is 10.3. The minimum absolute atomic E-state index is 0.0484. The lowest BCUT2D eigenvalue weighted by molar-refractivity contribution is -0.0428. The van der Waals surface area contributed by atoms with Crippen LogP contribution in [-0.4, -0.2) is 11.2 Å². The highest BCUT2D eigenvalue weighted by molar-refractivity contribution is 5.27. The van der Waals surface area contributed by atoms with Crippen LogP contribution in [0.25, 0.3) is 0 Å². The molecule has 0 amide bonds. The van der Waals surface area contributed by atoms with Crippen molar-refractivity contribution in [3.8, 4) is 0 Å². The minimum Gasteiger partial charge on any atom is -0.393 e. The first-order valence-electron chi connectivity index (χ1n) is 14.7. The Bertz CT molecular complexity index is 735. The number of fused-ring (bicyclic) bond motifs is 5. The molecule has 0 unspecified atom stereocenters. The fourth-order valence-electron chi connectivity index (χ4n) is 9.92. The van der Waals surface area contributed by atoms with Crippen molar-refractivity contribution in [3.63, 3.8) is 0 Å². The molecule has 33 heavy (non-hydrogen) atoms. The third kappa shape index (κ3) is 4.43. The molecule has 0 aromatic rings. The standard InChI is InChI=1S/C32H54O/c1-8-23(26(9-2)21(3)4)11-10-22(5)28-14-15-29-27-13-12-24-20-25(33)16-18-31(24,6)30(27)17-19-32(28,29)7/h13,22-26,28-30,33H,3,8-12,14-20H2,1-2,4-7H3/t22-,23-,24-,25+,26+,28-,29+,30+,31+,32-/m1/s1. The first kappa shape index (κ1) is 25.5. The zero-order valence-electron chi connectivity index (χ0n) is 22.8. The van der Waals surface area contributed by atoms with Gasteiger partial charge in [0.15, 0.2) is 0 Å². The summed E-state index contributed by atoms with van der Waals surface area (Å²) in [4.78, 5) is 0. The Kier molecular flexibility index (Phi) is 7.60. The van der Waals surface area contributed by atoms with Crippen molar-refractivity contribution in [1.82, 2.24) is 0 Å². The van der Waals surface area contributed by atoms with Crippen LogP contribution in [-0.2, 0) is 0 Å². The lowest BCUT2D eigenvalue weighted by atomic mass is 9.47. The fourth-order valence-corrected chi connectivity index (χ4v) is 9.92. The Hall–Kier alpha value is -0.560. The van der Waals surface area contributed by atoms with Gasteiger partial charge < -0.3 is 5.11 Å². The van der Waals surface area contributed by atoms with E-state index in [4.69, 9.17) is 0 Å². The highest BCUT2D eigenvalue weighted by atomic mass is 16.3. The highest BCUT2D eigenvalue weighted by Gasteiger charge is 2.58. The summed E-state index contributed by atoms with van der Waals surface area (Å²) < 4.78 is 0. The maximum atomic E-state index is 10.3. The number of aliphatic hydroxyl groups is 1. The van der Waals surface area contributed by atoms with Crippen molar-refractivity contribution in [1.29, 1.82) is 0 Å². The van der Waals surface area contributed by atoms with Crippen molar-refractivity contribution in [2.75, 3.05) is 0 Å². The quantitative estimate of drug-likeness (QED) is 0.363. The third-order valence-corrected chi connectivity index (χ3v) is 12.0. The lowest BCUT2D eigenvalue weighted by Crippen LogP contribution is -2.49. The van der Waals surface area contributed by atoms with Crippen LogP contribution in [0.2, 0.25) is 0 Å². The molecular formula is C32H54O. The van der Waals surface area contributed by atoms with Crippen molar-refractivity contribution in [2.45, 2.75) is 125 Å². The third-order valence-electron chi connectivity index (χ3n) is 12.0. The van der Waals surface area contributed by atoms with Gasteiger partial charge in [0.1, 0.15) is 0 Å². The molecular weight excluding hydrogens is 400 g/mol. The molecule has 4 aliphatic carbocycles. The van der Waals surface area contributed by atoms with Gasteiger partial charge in [-0.25, -0.2) is 0 Å². The van der Waals surface area contributed by atoms with E-state index in [9.17, 15) is 5.11 Å². The van der Waals surface area contributed by atoms with Gasteiger partial charge in [-0.2, -0.15) is 0 Å². The number of rotatable bonds is 8. The van der Waals surface area contributed by atoms with Crippen molar-refractivity contribution >= 4 is 0 Å². The first-order chi connectivity index (χ1) is 15.7. The molecule has 3 fully saturated rings. The molecule has 4 rings (SSSR count). The molecule has 10 atom stereocenters. The molecule has 188 valence electrons. The molecule has 0 radical (unpaired) electrons. The zero-order chi connectivity index (χ0) is 24.0. The molecule has 0 spiro atoms. The zero-order valence-corrected chi connectivity index (χ0v) is 22.8. The van der Waals surface area contributed by atoms with E-state index in [1.54, 1.807) is 0 Å². The van der Waals surface area contributed by atoms with Gasteiger partial charge in [-0.05, 0) is 123 Å². The molecule has 0 bridgehead atoms. The molecule has 3 saturated carbocycles. The van der Waals surface area contributed by atoms with Crippen LogP contribution in [0.5, 0.6) is 0 Å². The van der Waals surface area contributed by atoms with Crippen molar-refractivity contribution < 1.29 is 5.11 Å². The van der Waals surface area contributed by atoms with Crippen LogP contribution < -0.4 is 0 Å². The number of hydrogen-bond acceptors (Lipinski definition) is 1. The maximum absolute atomic E-state index is 10.3. The molecule has 0 aromatic carbocycles. The molecule has 4 aliphatic rings. The lowest BCUT2D eigenvalue weighted by Gasteiger charge is -2.57. The maximum Gasteiger partial charge on any atom is 0.0543 e. The summed E-state index contributed by atoms with van der Waals surface area (Å²) in [6, 6.07) is 0. The molecule has 0 aliphatic heterocycles. The summed E-state index contributed by atoms with van der Waals surface area (Å²) in [5.74, 6) is 5.59. The van der Waals surface area contributed by atoms with E-state index in [1.807, 2.05) is 5.57 Å². The van der Waals surface area contributed by atoms with E-state index < -0.39 is 0 Å². The van der Waals surface area contributed by atoms with Gasteiger partial charge in [0.25, 0.3) is 0 Å². The molecule has 1 heteroatoms. The predicted molar refractivity (Wildman–Crippen MR) is 142 cm³/mol.